The summed E-state index contributed by atoms with van der Waals surface area (Å²) in [4.78, 5) is 4.21. The first-order valence-corrected chi connectivity index (χ1v) is 6.05. The highest BCUT2D eigenvalue weighted by molar-refractivity contribution is 5.64. The van der Waals surface area contributed by atoms with Crippen molar-refractivity contribution in [2.45, 2.75) is 19.9 Å². The fraction of sp³-hybridized carbons (Fsp3) is 0.267. The van der Waals surface area contributed by atoms with Gasteiger partial charge in [0.15, 0.2) is 0 Å². The van der Waals surface area contributed by atoms with E-state index >= 15 is 0 Å². The summed E-state index contributed by atoms with van der Waals surface area (Å²) >= 11 is 0. The Morgan fingerprint density at radius 3 is 2.72 bits per heavy atom. The van der Waals surface area contributed by atoms with Crippen molar-refractivity contribution in [3.63, 3.8) is 0 Å². The van der Waals surface area contributed by atoms with Crippen LogP contribution in [0.3, 0.4) is 0 Å². The molecule has 2 rings (SSSR count). The normalized spacial score (nSPS) is 12.3. The molecule has 1 unspecified atom stereocenters. The highest BCUT2D eigenvalue weighted by Crippen LogP contribution is 2.15. The van der Waals surface area contributed by atoms with Crippen LogP contribution in [0.2, 0.25) is 0 Å². The summed E-state index contributed by atoms with van der Waals surface area (Å²) in [5, 5.41) is 3.35. The third-order valence-electron chi connectivity index (χ3n) is 2.81. The van der Waals surface area contributed by atoms with Crippen molar-refractivity contribution in [1.82, 2.24) is 10.3 Å². The summed E-state index contributed by atoms with van der Waals surface area (Å²) < 4.78 is 5.48. The van der Waals surface area contributed by atoms with E-state index in [0.717, 1.165) is 16.9 Å². The van der Waals surface area contributed by atoms with Crippen molar-refractivity contribution < 1.29 is 4.42 Å². The molecule has 0 aliphatic rings. The molecule has 3 heteroatoms. The van der Waals surface area contributed by atoms with Gasteiger partial charge in [-0.2, -0.15) is 0 Å². The summed E-state index contributed by atoms with van der Waals surface area (Å²) in [7, 11) is 0. The molecule has 1 heterocycles. The molecule has 1 N–H and O–H groups in total. The molecule has 0 saturated carbocycles. The molecule has 0 aliphatic heterocycles. The Morgan fingerprint density at radius 2 is 2.11 bits per heavy atom. The van der Waals surface area contributed by atoms with E-state index in [0.29, 0.717) is 12.4 Å². The van der Waals surface area contributed by atoms with Gasteiger partial charge in [0.2, 0.25) is 5.89 Å². The maximum Gasteiger partial charge on any atom is 0.211 e. The molecule has 1 aromatic carbocycles. The van der Waals surface area contributed by atoms with Crippen LogP contribution >= 0.6 is 0 Å². The van der Waals surface area contributed by atoms with Gasteiger partial charge in [-0.05, 0) is 25.0 Å². The summed E-state index contributed by atoms with van der Waals surface area (Å²) in [5.74, 6) is 1.55. The average Bonchev–Trinajstić information content (AvgIpc) is 2.83. The number of aromatic nitrogens is 1. The van der Waals surface area contributed by atoms with Gasteiger partial charge in [-0.25, -0.2) is 4.98 Å². The lowest BCUT2D eigenvalue weighted by molar-refractivity contribution is 0.412. The number of hydrogen-bond acceptors (Lipinski definition) is 3. The van der Waals surface area contributed by atoms with Crippen molar-refractivity contribution in [2.24, 2.45) is 0 Å². The second-order valence-corrected chi connectivity index (χ2v) is 4.38. The molecule has 0 radical (unpaired) electrons. The predicted molar refractivity (Wildman–Crippen MR) is 73.1 cm³/mol. The van der Waals surface area contributed by atoms with E-state index in [-0.39, 0.29) is 6.04 Å². The topological polar surface area (TPSA) is 38.1 Å². The van der Waals surface area contributed by atoms with Gasteiger partial charge in [0.1, 0.15) is 5.76 Å². The van der Waals surface area contributed by atoms with Gasteiger partial charge < -0.3 is 9.73 Å². The van der Waals surface area contributed by atoms with Crippen molar-refractivity contribution in [2.75, 3.05) is 6.54 Å². The Morgan fingerprint density at radius 1 is 1.39 bits per heavy atom. The van der Waals surface area contributed by atoms with E-state index in [1.54, 1.807) is 6.20 Å². The van der Waals surface area contributed by atoms with Crippen LogP contribution < -0.4 is 5.32 Å². The smallest absolute Gasteiger partial charge is 0.211 e. The first kappa shape index (κ1) is 12.6. The molecular weight excluding hydrogens is 224 g/mol. The molecular formula is C15H18N2O. The van der Waals surface area contributed by atoms with Crippen LogP contribution in [-0.4, -0.2) is 11.5 Å². The molecule has 2 aromatic rings. The average molecular weight is 242 g/mol. The number of aryl methyl sites for hydroxylation is 1. The zero-order valence-corrected chi connectivity index (χ0v) is 10.8. The molecule has 0 aliphatic carbocycles. The fourth-order valence-corrected chi connectivity index (χ4v) is 1.71. The van der Waals surface area contributed by atoms with Crippen LogP contribution in [0.25, 0.3) is 5.57 Å². The minimum atomic E-state index is 0.0826. The molecule has 0 fully saturated rings. The summed E-state index contributed by atoms with van der Waals surface area (Å²) in [6, 6.07) is 10.2. The Balaban J connectivity index is 1.90. The highest BCUT2D eigenvalue weighted by Gasteiger charge is 2.10. The lowest BCUT2D eigenvalue weighted by Gasteiger charge is -2.12. The van der Waals surface area contributed by atoms with Crippen molar-refractivity contribution in [3.05, 3.63) is 60.3 Å². The minimum absolute atomic E-state index is 0.0826. The molecule has 94 valence electrons. The second kappa shape index (κ2) is 5.65. The van der Waals surface area contributed by atoms with E-state index in [9.17, 15) is 0 Å². The Labute approximate surface area is 108 Å². The molecule has 1 aromatic heterocycles. The summed E-state index contributed by atoms with van der Waals surface area (Å²) in [5.41, 5.74) is 2.21. The molecule has 0 amide bonds. The maximum atomic E-state index is 5.48. The van der Waals surface area contributed by atoms with Crippen molar-refractivity contribution in [3.8, 4) is 0 Å². The maximum absolute atomic E-state index is 5.48. The van der Waals surface area contributed by atoms with Crippen molar-refractivity contribution in [1.29, 1.82) is 0 Å². The van der Waals surface area contributed by atoms with Crippen LogP contribution in [0, 0.1) is 6.92 Å². The van der Waals surface area contributed by atoms with E-state index in [1.165, 1.54) is 0 Å². The van der Waals surface area contributed by atoms with E-state index in [2.05, 4.69) is 29.0 Å². The van der Waals surface area contributed by atoms with Crippen LogP contribution in [0.1, 0.15) is 30.2 Å². The lowest BCUT2D eigenvalue weighted by atomic mass is 10.1. The molecule has 0 bridgehead atoms. The van der Waals surface area contributed by atoms with Gasteiger partial charge in [-0.15, -0.1) is 0 Å². The number of nitrogens with one attached hydrogen (secondary N) is 1. The zero-order valence-electron chi connectivity index (χ0n) is 10.8. The fourth-order valence-electron chi connectivity index (χ4n) is 1.71. The second-order valence-electron chi connectivity index (χ2n) is 4.38. The molecule has 0 saturated heterocycles. The van der Waals surface area contributed by atoms with Crippen LogP contribution in [-0.2, 0) is 0 Å². The predicted octanol–water partition coefficient (Wildman–Crippen LogP) is 3.35. The van der Waals surface area contributed by atoms with E-state index in [1.807, 2.05) is 32.0 Å². The van der Waals surface area contributed by atoms with Crippen LogP contribution in [0.5, 0.6) is 0 Å². The number of rotatable bonds is 5. The molecule has 1 atom stereocenters. The summed E-state index contributed by atoms with van der Waals surface area (Å²) in [6.45, 7) is 8.72. The zero-order chi connectivity index (χ0) is 13.0. The molecule has 0 spiro atoms. The van der Waals surface area contributed by atoms with Gasteiger partial charge in [0.25, 0.3) is 0 Å². The van der Waals surface area contributed by atoms with Gasteiger partial charge in [-0.1, -0.05) is 36.9 Å². The van der Waals surface area contributed by atoms with Crippen molar-refractivity contribution >= 4 is 5.57 Å². The number of benzene rings is 1. The van der Waals surface area contributed by atoms with Crippen LogP contribution in [0.4, 0.5) is 0 Å². The van der Waals surface area contributed by atoms with Gasteiger partial charge in [0.05, 0.1) is 12.2 Å². The summed E-state index contributed by atoms with van der Waals surface area (Å²) in [6.07, 6.45) is 1.74. The van der Waals surface area contributed by atoms with Gasteiger partial charge >= 0.3 is 0 Å². The lowest BCUT2D eigenvalue weighted by Crippen LogP contribution is -2.20. The Bertz CT molecular complexity index is 516. The van der Waals surface area contributed by atoms with Crippen LogP contribution in [0.15, 0.2) is 47.5 Å². The first-order chi connectivity index (χ1) is 8.66. The minimum Gasteiger partial charge on any atom is -0.444 e. The third-order valence-corrected chi connectivity index (χ3v) is 2.81. The number of oxazole rings is 1. The Hall–Kier alpha value is -1.87. The standard InChI is InChI=1S/C15H18N2O/c1-11(14-7-5-4-6-8-14)9-16-13(3)15-17-10-12(2)18-15/h4-8,10,13,16H,1,9H2,2-3H3. The first-order valence-electron chi connectivity index (χ1n) is 6.05. The van der Waals surface area contributed by atoms with Gasteiger partial charge in [-0.3, -0.25) is 0 Å². The SMILES string of the molecule is C=C(CNC(C)c1ncc(C)o1)c1ccccc1. The molecule has 3 nitrogen and oxygen atoms in total. The molecule has 18 heavy (non-hydrogen) atoms. The van der Waals surface area contributed by atoms with E-state index < -0.39 is 0 Å². The van der Waals surface area contributed by atoms with E-state index in [4.69, 9.17) is 4.42 Å². The number of hydrogen-bond donors (Lipinski definition) is 1. The largest absolute Gasteiger partial charge is 0.444 e. The Kier molecular flexibility index (Phi) is 3.95. The number of nitrogens with zero attached hydrogens (tertiary/aromatic N) is 1. The quantitative estimate of drug-likeness (QED) is 0.873. The highest BCUT2D eigenvalue weighted by atomic mass is 16.4. The van der Waals surface area contributed by atoms with Gasteiger partial charge in [0, 0.05) is 6.54 Å². The monoisotopic (exact) mass is 242 g/mol. The third kappa shape index (κ3) is 3.08.